The molecule has 0 saturated carbocycles. The third kappa shape index (κ3) is 1.45. The van der Waals surface area contributed by atoms with E-state index in [1.54, 1.807) is 0 Å². The molecule has 0 fully saturated rings. The maximum absolute atomic E-state index is 6.05. The van der Waals surface area contributed by atoms with Crippen LogP contribution in [0.25, 0.3) is 0 Å². The molecule has 1 aliphatic heterocycles. The van der Waals surface area contributed by atoms with E-state index >= 15 is 0 Å². The Labute approximate surface area is 102 Å². The van der Waals surface area contributed by atoms with E-state index in [0.717, 1.165) is 19.4 Å². The number of benzene rings is 1. The van der Waals surface area contributed by atoms with E-state index in [0.29, 0.717) is 12.0 Å². The third-order valence-electron chi connectivity index (χ3n) is 3.97. The Bertz CT molecular complexity index is 451. The van der Waals surface area contributed by atoms with E-state index in [-0.39, 0.29) is 5.54 Å². The number of nitrogens with two attached hydrogens (primary N) is 1. The monoisotopic (exact) mass is 229 g/mol. The lowest BCUT2D eigenvalue weighted by Gasteiger charge is -2.39. The molecule has 3 rings (SSSR count). The first-order valence-corrected chi connectivity index (χ1v) is 6.28. The van der Waals surface area contributed by atoms with Crippen LogP contribution in [0.15, 0.2) is 29.3 Å². The van der Waals surface area contributed by atoms with Gasteiger partial charge in [0.2, 0.25) is 0 Å². The van der Waals surface area contributed by atoms with Crippen molar-refractivity contribution in [2.24, 2.45) is 10.7 Å². The van der Waals surface area contributed by atoms with Gasteiger partial charge in [0, 0.05) is 6.04 Å². The van der Waals surface area contributed by atoms with Crippen molar-refractivity contribution in [3.05, 3.63) is 35.4 Å². The number of hydrogen-bond donors (Lipinski definition) is 1. The van der Waals surface area contributed by atoms with E-state index in [1.165, 1.54) is 11.1 Å². The number of aliphatic imine (C=N–C) groups is 1. The van der Waals surface area contributed by atoms with Crippen molar-refractivity contribution in [3.63, 3.8) is 0 Å². The molecular formula is C14H19N3. The smallest absolute Gasteiger partial charge is 0.192 e. The maximum Gasteiger partial charge on any atom is 0.192 e. The highest BCUT2D eigenvalue weighted by molar-refractivity contribution is 5.81. The second-order valence-corrected chi connectivity index (χ2v) is 5.48. The van der Waals surface area contributed by atoms with Crippen molar-refractivity contribution in [3.8, 4) is 0 Å². The quantitative estimate of drug-likeness (QED) is 0.794. The Morgan fingerprint density at radius 3 is 2.35 bits per heavy atom. The van der Waals surface area contributed by atoms with Gasteiger partial charge in [0.25, 0.3) is 0 Å². The molecule has 0 bridgehead atoms. The van der Waals surface area contributed by atoms with Crippen LogP contribution in [0.3, 0.4) is 0 Å². The van der Waals surface area contributed by atoms with Gasteiger partial charge in [-0.25, -0.2) is 0 Å². The van der Waals surface area contributed by atoms with Crippen LogP contribution in [0, 0.1) is 0 Å². The Hall–Kier alpha value is -1.51. The summed E-state index contributed by atoms with van der Waals surface area (Å²) < 4.78 is 0. The third-order valence-corrected chi connectivity index (χ3v) is 3.97. The number of fused-ring (bicyclic) bond motifs is 1. The van der Waals surface area contributed by atoms with Crippen LogP contribution in [0.4, 0.5) is 0 Å². The molecule has 1 aromatic carbocycles. The maximum atomic E-state index is 6.05. The minimum absolute atomic E-state index is 0.113. The Balaban J connectivity index is 1.97. The predicted octanol–water partition coefficient (Wildman–Crippen LogP) is 1.56. The zero-order chi connectivity index (χ0) is 12.0. The van der Waals surface area contributed by atoms with E-state index < -0.39 is 0 Å². The first-order chi connectivity index (χ1) is 8.12. The highest BCUT2D eigenvalue weighted by atomic mass is 15.4. The minimum atomic E-state index is 0.113. The van der Waals surface area contributed by atoms with Crippen LogP contribution < -0.4 is 5.73 Å². The Kier molecular flexibility index (Phi) is 2.18. The molecule has 17 heavy (non-hydrogen) atoms. The Morgan fingerprint density at radius 2 is 1.82 bits per heavy atom. The largest absolute Gasteiger partial charge is 0.370 e. The summed E-state index contributed by atoms with van der Waals surface area (Å²) in [6.07, 6.45) is 2.15. The molecule has 0 atom stereocenters. The fraction of sp³-hybridized carbons (Fsp3) is 0.500. The van der Waals surface area contributed by atoms with Gasteiger partial charge in [-0.1, -0.05) is 24.3 Å². The van der Waals surface area contributed by atoms with Gasteiger partial charge in [0.15, 0.2) is 5.96 Å². The molecule has 1 aromatic rings. The van der Waals surface area contributed by atoms with Crippen molar-refractivity contribution in [1.82, 2.24) is 4.90 Å². The van der Waals surface area contributed by atoms with Gasteiger partial charge in [-0.3, -0.25) is 4.99 Å². The van der Waals surface area contributed by atoms with Gasteiger partial charge in [-0.15, -0.1) is 0 Å². The van der Waals surface area contributed by atoms with Crippen molar-refractivity contribution >= 4 is 5.96 Å². The molecule has 0 aromatic heterocycles. The summed E-state index contributed by atoms with van der Waals surface area (Å²) in [5.74, 6) is 0.716. The molecule has 0 radical (unpaired) electrons. The highest BCUT2D eigenvalue weighted by Crippen LogP contribution is 2.38. The number of hydrogen-bond acceptors (Lipinski definition) is 3. The van der Waals surface area contributed by atoms with E-state index in [9.17, 15) is 0 Å². The summed E-state index contributed by atoms with van der Waals surface area (Å²) in [5, 5.41) is 0. The summed E-state index contributed by atoms with van der Waals surface area (Å²) in [5.41, 5.74) is 9.08. The van der Waals surface area contributed by atoms with Gasteiger partial charge in [0.1, 0.15) is 0 Å². The van der Waals surface area contributed by atoms with Gasteiger partial charge >= 0.3 is 0 Å². The Morgan fingerprint density at radius 1 is 1.24 bits per heavy atom. The summed E-state index contributed by atoms with van der Waals surface area (Å²) in [7, 11) is 0. The van der Waals surface area contributed by atoms with Crippen LogP contribution >= 0.6 is 0 Å². The van der Waals surface area contributed by atoms with Crippen LogP contribution in [0.2, 0.25) is 0 Å². The van der Waals surface area contributed by atoms with Gasteiger partial charge in [-0.05, 0) is 37.8 Å². The minimum Gasteiger partial charge on any atom is -0.370 e. The number of nitrogens with zero attached hydrogens (tertiary/aromatic N) is 2. The second kappa shape index (κ2) is 3.49. The summed E-state index contributed by atoms with van der Waals surface area (Å²) >= 11 is 0. The molecule has 0 amide bonds. The molecule has 3 heteroatoms. The molecule has 1 spiro atoms. The molecule has 2 aliphatic rings. The SMILES string of the molecule is CC(C)N1C(N)=NCC12Cc1ccccc1C2. The van der Waals surface area contributed by atoms with Crippen molar-refractivity contribution in [2.45, 2.75) is 38.3 Å². The zero-order valence-electron chi connectivity index (χ0n) is 10.5. The average Bonchev–Trinajstić information content (AvgIpc) is 2.79. The molecule has 1 heterocycles. The lowest BCUT2D eigenvalue weighted by atomic mass is 9.93. The van der Waals surface area contributed by atoms with Crippen LogP contribution in [0.5, 0.6) is 0 Å². The number of guanidine groups is 1. The average molecular weight is 229 g/mol. The predicted molar refractivity (Wildman–Crippen MR) is 70.0 cm³/mol. The van der Waals surface area contributed by atoms with Gasteiger partial charge in [0.05, 0.1) is 12.1 Å². The first-order valence-electron chi connectivity index (χ1n) is 6.28. The van der Waals surface area contributed by atoms with Crippen molar-refractivity contribution in [2.75, 3.05) is 6.54 Å². The molecule has 0 saturated heterocycles. The summed E-state index contributed by atoms with van der Waals surface area (Å²) in [6, 6.07) is 9.12. The fourth-order valence-electron chi connectivity index (χ4n) is 3.39. The molecule has 90 valence electrons. The van der Waals surface area contributed by atoms with Crippen LogP contribution in [0.1, 0.15) is 25.0 Å². The topological polar surface area (TPSA) is 41.6 Å². The van der Waals surface area contributed by atoms with Crippen molar-refractivity contribution < 1.29 is 0 Å². The standard InChI is InChI=1S/C14H19N3/c1-10(2)17-13(15)16-9-14(17)7-11-5-3-4-6-12(11)8-14/h3-6,10H,7-9H2,1-2H3,(H2,15,16). The summed E-state index contributed by atoms with van der Waals surface area (Å²) in [4.78, 5) is 6.79. The lowest BCUT2D eigenvalue weighted by molar-refractivity contribution is 0.174. The van der Waals surface area contributed by atoms with Crippen LogP contribution in [-0.4, -0.2) is 29.0 Å². The molecule has 3 nitrogen and oxygen atoms in total. The van der Waals surface area contributed by atoms with E-state index in [2.05, 4.69) is 48.0 Å². The van der Waals surface area contributed by atoms with Crippen LogP contribution in [-0.2, 0) is 12.8 Å². The molecule has 0 unspecified atom stereocenters. The number of rotatable bonds is 1. The normalized spacial score (nSPS) is 21.1. The highest BCUT2D eigenvalue weighted by Gasteiger charge is 2.47. The summed E-state index contributed by atoms with van der Waals surface area (Å²) in [6.45, 7) is 5.22. The van der Waals surface area contributed by atoms with E-state index in [4.69, 9.17) is 5.73 Å². The fourth-order valence-corrected chi connectivity index (χ4v) is 3.39. The lowest BCUT2D eigenvalue weighted by Crippen LogP contribution is -2.55. The van der Waals surface area contributed by atoms with E-state index in [1.807, 2.05) is 0 Å². The first kappa shape index (κ1) is 10.6. The van der Waals surface area contributed by atoms with Crippen molar-refractivity contribution in [1.29, 1.82) is 0 Å². The second-order valence-electron chi connectivity index (χ2n) is 5.48. The molecule has 1 aliphatic carbocycles. The molecular weight excluding hydrogens is 210 g/mol. The molecule has 2 N–H and O–H groups in total. The zero-order valence-corrected chi connectivity index (χ0v) is 10.5. The van der Waals surface area contributed by atoms with Gasteiger partial charge < -0.3 is 10.6 Å². The van der Waals surface area contributed by atoms with Gasteiger partial charge in [-0.2, -0.15) is 0 Å².